The first-order chi connectivity index (χ1) is 11.1. The third kappa shape index (κ3) is 3.25. The molecule has 0 saturated carbocycles. The Morgan fingerprint density at radius 2 is 2.13 bits per heavy atom. The van der Waals surface area contributed by atoms with Crippen molar-refractivity contribution >= 4 is 43.8 Å². The Morgan fingerprint density at radius 3 is 2.87 bits per heavy atom. The van der Waals surface area contributed by atoms with E-state index in [-0.39, 0.29) is 11.7 Å². The Hall–Kier alpha value is -1.86. The Labute approximate surface area is 141 Å². The van der Waals surface area contributed by atoms with Crippen LogP contribution in [0.3, 0.4) is 0 Å². The molecule has 120 valence electrons. The number of hydrogen-bond donors (Lipinski definition) is 1. The van der Waals surface area contributed by atoms with Gasteiger partial charge < -0.3 is 0 Å². The molecule has 0 bridgehead atoms. The molecule has 23 heavy (non-hydrogen) atoms. The summed E-state index contributed by atoms with van der Waals surface area (Å²) in [5.41, 5.74) is 0.663. The summed E-state index contributed by atoms with van der Waals surface area (Å²) in [6, 6.07) is 4.88. The van der Waals surface area contributed by atoms with Crippen LogP contribution in [0.15, 0.2) is 18.2 Å². The van der Waals surface area contributed by atoms with Crippen LogP contribution in [0.5, 0.6) is 0 Å². The van der Waals surface area contributed by atoms with Crippen molar-refractivity contribution in [3.63, 3.8) is 0 Å². The minimum absolute atomic E-state index is 0.263. The van der Waals surface area contributed by atoms with Gasteiger partial charge in [0.25, 0.3) is 5.91 Å². The first-order valence-corrected chi connectivity index (χ1v) is 9.04. The average molecular weight is 349 g/mol. The molecule has 3 aromatic rings. The van der Waals surface area contributed by atoms with E-state index in [0.29, 0.717) is 21.0 Å². The highest BCUT2D eigenvalue weighted by molar-refractivity contribution is 7.21. The number of fused-ring (bicyclic) bond motifs is 1. The van der Waals surface area contributed by atoms with Gasteiger partial charge in [-0.3, -0.25) is 10.1 Å². The van der Waals surface area contributed by atoms with Gasteiger partial charge in [0, 0.05) is 16.5 Å². The molecule has 4 nitrogen and oxygen atoms in total. The quantitative estimate of drug-likeness (QED) is 0.720. The SMILES string of the molecule is CCCCc1nnc(NC(=O)c2sc3cccc(F)c3c2C)s1. The number of thiophene rings is 1. The second-order valence-corrected chi connectivity index (χ2v) is 7.34. The standard InChI is InChI=1S/C16H16FN3OS2/c1-3-4-8-12-19-20-16(23-12)18-15(21)14-9(2)13-10(17)6-5-7-11(13)22-14/h5-7H,3-4,8H2,1-2H3,(H,18,20,21). The molecule has 2 aromatic heterocycles. The van der Waals surface area contributed by atoms with Gasteiger partial charge in [-0.15, -0.1) is 21.5 Å². The second-order valence-electron chi connectivity index (χ2n) is 5.23. The van der Waals surface area contributed by atoms with Gasteiger partial charge in [-0.2, -0.15) is 0 Å². The van der Waals surface area contributed by atoms with Crippen molar-refractivity contribution in [1.29, 1.82) is 0 Å². The number of aryl methyl sites for hydroxylation is 2. The molecule has 2 heterocycles. The van der Waals surface area contributed by atoms with E-state index < -0.39 is 0 Å². The lowest BCUT2D eigenvalue weighted by Gasteiger charge is -1.99. The van der Waals surface area contributed by atoms with Crippen LogP contribution in [0.1, 0.15) is 40.0 Å². The van der Waals surface area contributed by atoms with Gasteiger partial charge in [0.05, 0.1) is 4.88 Å². The van der Waals surface area contributed by atoms with Crippen LogP contribution in [0.25, 0.3) is 10.1 Å². The van der Waals surface area contributed by atoms with Crippen molar-refractivity contribution in [2.45, 2.75) is 33.1 Å². The number of carbonyl (C=O) groups excluding carboxylic acids is 1. The number of hydrogen-bond acceptors (Lipinski definition) is 5. The van der Waals surface area contributed by atoms with Gasteiger partial charge in [0.1, 0.15) is 10.8 Å². The molecule has 1 N–H and O–H groups in total. The van der Waals surface area contributed by atoms with Crippen LogP contribution >= 0.6 is 22.7 Å². The summed E-state index contributed by atoms with van der Waals surface area (Å²) in [6.07, 6.45) is 3.02. The Kier molecular flexibility index (Phi) is 4.68. The highest BCUT2D eigenvalue weighted by atomic mass is 32.1. The van der Waals surface area contributed by atoms with Gasteiger partial charge in [-0.25, -0.2) is 4.39 Å². The summed E-state index contributed by atoms with van der Waals surface area (Å²) < 4.78 is 14.7. The van der Waals surface area contributed by atoms with Crippen molar-refractivity contribution < 1.29 is 9.18 Å². The third-order valence-corrected chi connectivity index (χ3v) is 5.70. The topological polar surface area (TPSA) is 54.9 Å². The molecule has 0 fully saturated rings. The summed E-state index contributed by atoms with van der Waals surface area (Å²) in [5.74, 6) is -0.561. The van der Waals surface area contributed by atoms with Crippen molar-refractivity contribution in [3.05, 3.63) is 39.5 Å². The fourth-order valence-corrected chi connectivity index (χ4v) is 4.25. The summed E-state index contributed by atoms with van der Waals surface area (Å²) in [4.78, 5) is 13.0. The summed E-state index contributed by atoms with van der Waals surface area (Å²) in [6.45, 7) is 3.89. The lowest BCUT2D eigenvalue weighted by Crippen LogP contribution is -2.11. The fraction of sp³-hybridized carbons (Fsp3) is 0.312. The zero-order valence-electron chi connectivity index (χ0n) is 12.9. The van der Waals surface area contributed by atoms with Gasteiger partial charge in [0.2, 0.25) is 5.13 Å². The summed E-state index contributed by atoms with van der Waals surface area (Å²) in [7, 11) is 0. The number of carbonyl (C=O) groups is 1. The first kappa shape index (κ1) is 16.0. The van der Waals surface area contributed by atoms with Gasteiger partial charge in [-0.1, -0.05) is 30.7 Å². The van der Waals surface area contributed by atoms with Crippen LogP contribution in [0.2, 0.25) is 0 Å². The number of nitrogens with one attached hydrogen (secondary N) is 1. The predicted molar refractivity (Wildman–Crippen MR) is 93.0 cm³/mol. The van der Waals surface area contributed by atoms with E-state index in [1.54, 1.807) is 13.0 Å². The Morgan fingerprint density at radius 1 is 1.30 bits per heavy atom. The molecular weight excluding hydrogens is 333 g/mol. The number of nitrogens with zero attached hydrogens (tertiary/aromatic N) is 2. The molecule has 0 radical (unpaired) electrons. The number of aromatic nitrogens is 2. The number of benzene rings is 1. The lowest BCUT2D eigenvalue weighted by molar-refractivity contribution is 0.103. The second kappa shape index (κ2) is 6.72. The van der Waals surface area contributed by atoms with Gasteiger partial charge >= 0.3 is 0 Å². The highest BCUT2D eigenvalue weighted by Crippen LogP contribution is 2.33. The van der Waals surface area contributed by atoms with Crippen LogP contribution in [0, 0.1) is 12.7 Å². The number of rotatable bonds is 5. The van der Waals surface area contributed by atoms with E-state index in [9.17, 15) is 9.18 Å². The Bertz CT molecular complexity index is 856. The number of amides is 1. The van der Waals surface area contributed by atoms with Crippen LogP contribution in [-0.4, -0.2) is 16.1 Å². The minimum atomic E-state index is -0.298. The minimum Gasteiger partial charge on any atom is -0.296 e. The summed E-state index contributed by atoms with van der Waals surface area (Å²) in [5, 5.41) is 12.8. The average Bonchev–Trinajstić information content (AvgIpc) is 3.10. The van der Waals surface area contributed by atoms with Crippen molar-refractivity contribution in [2.24, 2.45) is 0 Å². The molecular formula is C16H16FN3OS2. The molecule has 1 amide bonds. The molecule has 7 heteroatoms. The molecule has 1 aromatic carbocycles. The maximum absolute atomic E-state index is 13.9. The van der Waals surface area contributed by atoms with E-state index in [1.165, 1.54) is 28.7 Å². The van der Waals surface area contributed by atoms with Crippen LogP contribution in [0.4, 0.5) is 9.52 Å². The first-order valence-electron chi connectivity index (χ1n) is 7.41. The Balaban J connectivity index is 1.82. The monoisotopic (exact) mass is 349 g/mol. The number of unbranched alkanes of at least 4 members (excludes halogenated alkanes) is 1. The van der Waals surface area contributed by atoms with Crippen LogP contribution in [-0.2, 0) is 6.42 Å². The number of anilines is 1. The van der Waals surface area contributed by atoms with E-state index in [1.807, 2.05) is 6.07 Å². The fourth-order valence-electron chi connectivity index (χ4n) is 2.36. The zero-order valence-corrected chi connectivity index (χ0v) is 14.5. The maximum atomic E-state index is 13.9. The van der Waals surface area contributed by atoms with E-state index >= 15 is 0 Å². The molecule has 0 aliphatic rings. The van der Waals surface area contributed by atoms with Crippen molar-refractivity contribution in [2.75, 3.05) is 5.32 Å². The van der Waals surface area contributed by atoms with Gasteiger partial charge in [0.15, 0.2) is 0 Å². The molecule has 0 aliphatic carbocycles. The molecule has 0 aliphatic heterocycles. The van der Waals surface area contributed by atoms with Gasteiger partial charge in [-0.05, 0) is 31.0 Å². The normalized spacial score (nSPS) is 11.1. The zero-order chi connectivity index (χ0) is 16.4. The molecule has 3 rings (SSSR count). The van der Waals surface area contributed by atoms with E-state index in [0.717, 1.165) is 29.0 Å². The van der Waals surface area contributed by atoms with Crippen LogP contribution < -0.4 is 5.32 Å². The van der Waals surface area contributed by atoms with E-state index in [4.69, 9.17) is 0 Å². The number of halogens is 1. The predicted octanol–water partition coefficient (Wildman–Crippen LogP) is 4.80. The summed E-state index contributed by atoms with van der Waals surface area (Å²) >= 11 is 2.68. The lowest BCUT2D eigenvalue weighted by atomic mass is 10.1. The molecule has 0 spiro atoms. The highest BCUT2D eigenvalue weighted by Gasteiger charge is 2.19. The third-order valence-electron chi connectivity index (χ3n) is 3.54. The largest absolute Gasteiger partial charge is 0.296 e. The molecule has 0 unspecified atom stereocenters. The molecule has 0 atom stereocenters. The smallest absolute Gasteiger partial charge is 0.267 e. The van der Waals surface area contributed by atoms with Crippen molar-refractivity contribution in [3.8, 4) is 0 Å². The maximum Gasteiger partial charge on any atom is 0.267 e. The van der Waals surface area contributed by atoms with Crippen molar-refractivity contribution in [1.82, 2.24) is 10.2 Å². The van der Waals surface area contributed by atoms with E-state index in [2.05, 4.69) is 22.4 Å². The molecule has 0 saturated heterocycles.